The van der Waals surface area contributed by atoms with E-state index in [0.29, 0.717) is 11.6 Å². The lowest BCUT2D eigenvalue weighted by molar-refractivity contribution is 0.0697. The fourth-order valence-electron chi connectivity index (χ4n) is 2.41. The Labute approximate surface area is 100 Å². The third kappa shape index (κ3) is 1.95. The molecule has 2 N–H and O–H groups in total. The molecule has 90 valence electrons. The predicted octanol–water partition coefficient (Wildman–Crippen LogP) is 2.17. The fraction of sp³-hybridized carbons (Fsp3) is 0.462. The minimum Gasteiger partial charge on any atom is -0.478 e. The minimum absolute atomic E-state index is 0.373. The Bertz CT molecular complexity index is 455. The average Bonchev–Trinajstić information content (AvgIpc) is 3.13. The number of aromatic carboxylic acids is 1. The molecule has 0 radical (unpaired) electrons. The van der Waals surface area contributed by atoms with Gasteiger partial charge in [-0.05, 0) is 37.5 Å². The number of hydrogen-bond acceptors (Lipinski definition) is 3. The number of fused-ring (bicyclic) bond motifs is 1. The van der Waals surface area contributed by atoms with Crippen molar-refractivity contribution in [2.45, 2.75) is 25.3 Å². The van der Waals surface area contributed by atoms with Gasteiger partial charge in [0, 0.05) is 19.1 Å². The Morgan fingerprint density at radius 2 is 2.24 bits per heavy atom. The molecule has 1 aromatic rings. The summed E-state index contributed by atoms with van der Waals surface area (Å²) in [5.41, 5.74) is 2.50. The molecule has 0 atom stereocenters. The van der Waals surface area contributed by atoms with Gasteiger partial charge in [-0.1, -0.05) is 0 Å². The first-order valence-corrected chi connectivity index (χ1v) is 6.13. The molecule has 0 aromatic heterocycles. The fourth-order valence-corrected chi connectivity index (χ4v) is 2.41. The van der Waals surface area contributed by atoms with E-state index in [9.17, 15) is 4.79 Å². The molecule has 2 aliphatic rings. The van der Waals surface area contributed by atoms with Crippen LogP contribution >= 0.6 is 0 Å². The first kappa shape index (κ1) is 10.4. The topological polar surface area (TPSA) is 52.6 Å². The predicted molar refractivity (Wildman–Crippen MR) is 66.9 cm³/mol. The van der Waals surface area contributed by atoms with E-state index in [0.717, 1.165) is 30.9 Å². The Morgan fingerprint density at radius 1 is 1.41 bits per heavy atom. The van der Waals surface area contributed by atoms with Crippen LogP contribution in [0.25, 0.3) is 0 Å². The van der Waals surface area contributed by atoms with E-state index in [2.05, 4.69) is 10.2 Å². The molecule has 1 saturated carbocycles. The van der Waals surface area contributed by atoms with Crippen LogP contribution < -0.4 is 10.2 Å². The summed E-state index contributed by atoms with van der Waals surface area (Å²) >= 11 is 0. The van der Waals surface area contributed by atoms with Crippen molar-refractivity contribution >= 4 is 17.3 Å². The van der Waals surface area contributed by atoms with E-state index in [1.54, 1.807) is 12.1 Å². The maximum absolute atomic E-state index is 11.0. The second kappa shape index (κ2) is 3.95. The molecule has 0 saturated heterocycles. The van der Waals surface area contributed by atoms with Gasteiger partial charge in [-0.2, -0.15) is 0 Å². The monoisotopic (exact) mass is 232 g/mol. The second-order valence-corrected chi connectivity index (χ2v) is 4.74. The van der Waals surface area contributed by atoms with Gasteiger partial charge in [0.25, 0.3) is 0 Å². The van der Waals surface area contributed by atoms with E-state index in [-0.39, 0.29) is 0 Å². The summed E-state index contributed by atoms with van der Waals surface area (Å²) in [6.45, 7) is 1.98. The Kier molecular flexibility index (Phi) is 2.42. The normalized spacial score (nSPS) is 19.2. The van der Waals surface area contributed by atoms with Gasteiger partial charge < -0.3 is 15.3 Å². The molecule has 0 unspecified atom stereocenters. The smallest absolute Gasteiger partial charge is 0.335 e. The lowest BCUT2D eigenvalue weighted by atomic mass is 10.1. The van der Waals surface area contributed by atoms with Crippen LogP contribution in [0.2, 0.25) is 0 Å². The number of carboxylic acid groups (broad SMARTS) is 1. The summed E-state index contributed by atoms with van der Waals surface area (Å²) in [6, 6.07) is 5.98. The molecule has 0 spiro atoms. The zero-order chi connectivity index (χ0) is 11.8. The first-order chi connectivity index (χ1) is 8.25. The Balaban J connectivity index is 2.02. The van der Waals surface area contributed by atoms with Gasteiger partial charge in [0.2, 0.25) is 0 Å². The van der Waals surface area contributed by atoms with Crippen molar-refractivity contribution in [1.29, 1.82) is 0 Å². The number of nitrogens with one attached hydrogen (secondary N) is 1. The molecule has 1 aromatic carbocycles. The van der Waals surface area contributed by atoms with Gasteiger partial charge in [-0.25, -0.2) is 4.79 Å². The SMILES string of the molecule is O=C(O)c1ccc2c(c1)N(C1CC1)CCCN2. The quantitative estimate of drug-likeness (QED) is 0.820. The molecule has 1 aliphatic heterocycles. The third-order valence-corrected chi connectivity index (χ3v) is 3.43. The standard InChI is InChI=1S/C13H16N2O2/c16-13(17)9-2-5-11-12(8-9)15(10-3-4-10)7-1-6-14-11/h2,5,8,10,14H,1,3-4,6-7H2,(H,16,17). The zero-order valence-corrected chi connectivity index (χ0v) is 9.65. The van der Waals surface area contributed by atoms with Crippen LogP contribution in [-0.2, 0) is 0 Å². The number of carboxylic acids is 1. The van der Waals surface area contributed by atoms with Crippen molar-refractivity contribution in [3.8, 4) is 0 Å². The molecular formula is C13H16N2O2. The van der Waals surface area contributed by atoms with Gasteiger partial charge in [-0.15, -0.1) is 0 Å². The lowest BCUT2D eigenvalue weighted by Crippen LogP contribution is -2.26. The van der Waals surface area contributed by atoms with Gasteiger partial charge in [-0.3, -0.25) is 0 Å². The number of rotatable bonds is 2. The van der Waals surface area contributed by atoms with E-state index in [1.165, 1.54) is 12.8 Å². The number of hydrogen-bond donors (Lipinski definition) is 2. The van der Waals surface area contributed by atoms with Crippen molar-refractivity contribution in [2.75, 3.05) is 23.3 Å². The molecule has 0 bridgehead atoms. The van der Waals surface area contributed by atoms with Gasteiger partial charge in [0.1, 0.15) is 0 Å². The largest absolute Gasteiger partial charge is 0.478 e. The molecule has 0 amide bonds. The molecule has 4 nitrogen and oxygen atoms in total. The first-order valence-electron chi connectivity index (χ1n) is 6.13. The molecule has 1 fully saturated rings. The minimum atomic E-state index is -0.854. The summed E-state index contributed by atoms with van der Waals surface area (Å²) < 4.78 is 0. The van der Waals surface area contributed by atoms with Crippen molar-refractivity contribution < 1.29 is 9.90 Å². The number of nitrogens with zero attached hydrogens (tertiary/aromatic N) is 1. The van der Waals surface area contributed by atoms with Crippen molar-refractivity contribution in [2.24, 2.45) is 0 Å². The van der Waals surface area contributed by atoms with Crippen molar-refractivity contribution in [3.63, 3.8) is 0 Å². The van der Waals surface area contributed by atoms with Crippen molar-refractivity contribution in [3.05, 3.63) is 23.8 Å². The van der Waals surface area contributed by atoms with E-state index in [4.69, 9.17) is 5.11 Å². The highest BCUT2D eigenvalue weighted by atomic mass is 16.4. The summed E-state index contributed by atoms with van der Waals surface area (Å²) in [6.07, 6.45) is 3.57. The van der Waals surface area contributed by atoms with Crippen molar-refractivity contribution in [1.82, 2.24) is 0 Å². The van der Waals surface area contributed by atoms with Gasteiger partial charge in [0.05, 0.1) is 16.9 Å². The highest BCUT2D eigenvalue weighted by molar-refractivity contribution is 5.91. The summed E-state index contributed by atoms with van der Waals surface area (Å²) in [7, 11) is 0. The molecular weight excluding hydrogens is 216 g/mol. The second-order valence-electron chi connectivity index (χ2n) is 4.74. The van der Waals surface area contributed by atoms with Crippen LogP contribution in [0.3, 0.4) is 0 Å². The van der Waals surface area contributed by atoms with Crippen LogP contribution in [0.4, 0.5) is 11.4 Å². The zero-order valence-electron chi connectivity index (χ0n) is 9.65. The number of carbonyl (C=O) groups is 1. The summed E-state index contributed by atoms with van der Waals surface area (Å²) in [5.74, 6) is -0.854. The molecule has 1 heterocycles. The van der Waals surface area contributed by atoms with Gasteiger partial charge >= 0.3 is 5.97 Å². The van der Waals surface area contributed by atoms with Gasteiger partial charge in [0.15, 0.2) is 0 Å². The van der Waals surface area contributed by atoms with E-state index in [1.807, 2.05) is 6.07 Å². The maximum atomic E-state index is 11.0. The van der Waals surface area contributed by atoms with Crippen LogP contribution in [0.5, 0.6) is 0 Å². The number of anilines is 2. The van der Waals surface area contributed by atoms with Crippen LogP contribution in [-0.4, -0.2) is 30.2 Å². The maximum Gasteiger partial charge on any atom is 0.335 e. The van der Waals surface area contributed by atoms with Crippen LogP contribution in [0, 0.1) is 0 Å². The average molecular weight is 232 g/mol. The summed E-state index contributed by atoms with van der Waals surface area (Å²) in [4.78, 5) is 13.4. The summed E-state index contributed by atoms with van der Waals surface area (Å²) in [5, 5.41) is 12.4. The Hall–Kier alpha value is -1.71. The lowest BCUT2D eigenvalue weighted by Gasteiger charge is -2.24. The molecule has 4 heteroatoms. The molecule has 1 aliphatic carbocycles. The molecule has 3 rings (SSSR count). The highest BCUT2D eigenvalue weighted by Crippen LogP contribution is 2.37. The van der Waals surface area contributed by atoms with Crippen LogP contribution in [0.1, 0.15) is 29.6 Å². The Morgan fingerprint density at radius 3 is 2.94 bits per heavy atom. The third-order valence-electron chi connectivity index (χ3n) is 3.43. The van der Waals surface area contributed by atoms with Crippen LogP contribution in [0.15, 0.2) is 18.2 Å². The van der Waals surface area contributed by atoms with E-state index < -0.39 is 5.97 Å². The number of benzene rings is 1. The van der Waals surface area contributed by atoms with E-state index >= 15 is 0 Å². The highest BCUT2D eigenvalue weighted by Gasteiger charge is 2.31. The molecule has 17 heavy (non-hydrogen) atoms.